The summed E-state index contributed by atoms with van der Waals surface area (Å²) in [6.07, 6.45) is 1.95. The summed E-state index contributed by atoms with van der Waals surface area (Å²) >= 11 is 0. The molecule has 0 atom stereocenters. The number of nitrogens with one attached hydrogen (secondary N) is 1. The number of rotatable bonds is 6. The fraction of sp³-hybridized carbons (Fsp3) is 0.286. The number of methoxy groups -OCH3 is 2. The van der Waals surface area contributed by atoms with Crippen molar-refractivity contribution in [3.63, 3.8) is 0 Å². The van der Waals surface area contributed by atoms with E-state index in [0.29, 0.717) is 13.3 Å². The summed E-state index contributed by atoms with van der Waals surface area (Å²) in [6.45, 7) is 11.7. The first kappa shape index (κ1) is 21.4. The van der Waals surface area contributed by atoms with E-state index in [0.717, 1.165) is 44.3 Å². The number of anilines is 1. The van der Waals surface area contributed by atoms with Crippen molar-refractivity contribution in [3.8, 4) is 5.75 Å². The Labute approximate surface area is 194 Å². The first-order valence-corrected chi connectivity index (χ1v) is 11.3. The Morgan fingerprint density at radius 3 is 2.03 bits per heavy atom. The van der Waals surface area contributed by atoms with Gasteiger partial charge in [0.05, 0.1) is 34.7 Å². The summed E-state index contributed by atoms with van der Waals surface area (Å²) in [5.41, 5.74) is 5.43. The maximum absolute atomic E-state index is 6.19. The lowest BCUT2D eigenvalue weighted by molar-refractivity contribution is 0.138. The van der Waals surface area contributed by atoms with Gasteiger partial charge in [-0.2, -0.15) is 0 Å². The third-order valence-corrected chi connectivity index (χ3v) is 6.14. The molecule has 0 saturated carbocycles. The summed E-state index contributed by atoms with van der Waals surface area (Å²) in [6, 6.07) is 17.0. The minimum absolute atomic E-state index is 0.155. The van der Waals surface area contributed by atoms with Crippen LogP contribution in [0.1, 0.15) is 20.8 Å². The van der Waals surface area contributed by atoms with Gasteiger partial charge in [0.1, 0.15) is 6.73 Å². The number of allylic oxidation sites excluding steroid dienone is 1. The third kappa shape index (κ3) is 3.18. The minimum Gasteiger partial charge on any atom is -0.494 e. The lowest BCUT2D eigenvalue weighted by atomic mass is 10.0. The van der Waals surface area contributed by atoms with Gasteiger partial charge >= 0.3 is 0 Å². The van der Waals surface area contributed by atoms with E-state index in [1.165, 1.54) is 10.8 Å². The maximum atomic E-state index is 6.19. The van der Waals surface area contributed by atoms with Crippen LogP contribution in [0.4, 0.5) is 5.69 Å². The summed E-state index contributed by atoms with van der Waals surface area (Å²) in [7, 11) is 3.51. The van der Waals surface area contributed by atoms with Gasteiger partial charge in [-0.15, -0.1) is 6.58 Å². The molecular formula is C28H31N3O2. The van der Waals surface area contributed by atoms with Crippen molar-refractivity contribution in [2.75, 3.05) is 19.5 Å². The van der Waals surface area contributed by atoms with Gasteiger partial charge in [-0.25, -0.2) is 0 Å². The van der Waals surface area contributed by atoms with Gasteiger partial charge in [0.15, 0.2) is 5.75 Å². The van der Waals surface area contributed by atoms with Crippen molar-refractivity contribution < 1.29 is 9.47 Å². The Kier molecular flexibility index (Phi) is 5.09. The third-order valence-electron chi connectivity index (χ3n) is 6.14. The maximum Gasteiger partial charge on any atom is 0.152 e. The Morgan fingerprint density at radius 1 is 0.879 bits per heavy atom. The number of aromatic nitrogens is 2. The number of nitrogens with zero attached hydrogens (tertiary/aromatic N) is 2. The van der Waals surface area contributed by atoms with Crippen LogP contribution >= 0.6 is 0 Å². The Balaban J connectivity index is 2.16. The lowest BCUT2D eigenvalue weighted by Crippen LogP contribution is -2.26. The van der Waals surface area contributed by atoms with Gasteiger partial charge in [-0.1, -0.05) is 42.5 Å². The number of benzene rings is 3. The zero-order chi connectivity index (χ0) is 23.3. The first-order valence-electron chi connectivity index (χ1n) is 11.3. The smallest absolute Gasteiger partial charge is 0.152 e. The monoisotopic (exact) mass is 441 g/mol. The molecule has 0 saturated heterocycles. The van der Waals surface area contributed by atoms with Gasteiger partial charge in [-0.05, 0) is 32.9 Å². The molecule has 3 aromatic carbocycles. The molecule has 0 aliphatic heterocycles. The molecule has 5 aromatic rings. The second kappa shape index (κ2) is 7.85. The largest absolute Gasteiger partial charge is 0.494 e. The van der Waals surface area contributed by atoms with E-state index in [1.54, 1.807) is 14.2 Å². The van der Waals surface area contributed by atoms with Crippen molar-refractivity contribution >= 4 is 49.3 Å². The fourth-order valence-electron chi connectivity index (χ4n) is 5.10. The molecule has 5 nitrogen and oxygen atoms in total. The molecule has 0 radical (unpaired) electrons. The molecule has 33 heavy (non-hydrogen) atoms. The van der Waals surface area contributed by atoms with Crippen LogP contribution in [0.5, 0.6) is 5.75 Å². The van der Waals surface area contributed by atoms with Crippen LogP contribution in [0.3, 0.4) is 0 Å². The van der Waals surface area contributed by atoms with Crippen LogP contribution in [0, 0.1) is 0 Å². The molecule has 2 aromatic heterocycles. The second-order valence-corrected chi connectivity index (χ2v) is 9.51. The molecule has 0 spiro atoms. The summed E-state index contributed by atoms with van der Waals surface area (Å²) in [4.78, 5) is 0. The van der Waals surface area contributed by atoms with Crippen LogP contribution in [0.2, 0.25) is 0 Å². The van der Waals surface area contributed by atoms with Crippen molar-refractivity contribution in [1.29, 1.82) is 0 Å². The van der Waals surface area contributed by atoms with Crippen LogP contribution in [-0.4, -0.2) is 28.9 Å². The van der Waals surface area contributed by atoms with E-state index in [1.807, 2.05) is 6.08 Å². The van der Waals surface area contributed by atoms with Gasteiger partial charge < -0.3 is 23.9 Å². The van der Waals surface area contributed by atoms with Crippen LogP contribution in [0.25, 0.3) is 43.6 Å². The molecule has 0 aliphatic carbocycles. The lowest BCUT2D eigenvalue weighted by Gasteiger charge is -2.25. The molecule has 0 unspecified atom stereocenters. The molecule has 0 fully saturated rings. The highest BCUT2D eigenvalue weighted by Crippen LogP contribution is 2.50. The standard InChI is InChI=1S/C28H31N3O2/c1-7-16-30-20-14-10-9-13-19(20)23-26(30)25-22(24(27(23)33-6)29-28(2,3)4)18-12-8-11-15-21(18)31(25)17-32-5/h7-15,29H,1,16-17H2,2-6H3. The highest BCUT2D eigenvalue weighted by Gasteiger charge is 2.28. The molecule has 2 heterocycles. The summed E-state index contributed by atoms with van der Waals surface area (Å²) < 4.78 is 16.5. The highest BCUT2D eigenvalue weighted by molar-refractivity contribution is 6.29. The molecule has 5 rings (SSSR count). The van der Waals surface area contributed by atoms with Crippen molar-refractivity contribution in [2.24, 2.45) is 0 Å². The Morgan fingerprint density at radius 2 is 1.45 bits per heavy atom. The highest BCUT2D eigenvalue weighted by atomic mass is 16.5. The van der Waals surface area contributed by atoms with Gasteiger partial charge in [-0.3, -0.25) is 0 Å². The first-order chi connectivity index (χ1) is 15.9. The van der Waals surface area contributed by atoms with Gasteiger partial charge in [0.25, 0.3) is 0 Å². The summed E-state index contributed by atoms with van der Waals surface area (Å²) in [5, 5.41) is 8.37. The quantitative estimate of drug-likeness (QED) is 0.291. The second-order valence-electron chi connectivity index (χ2n) is 9.51. The van der Waals surface area contributed by atoms with Crippen molar-refractivity contribution in [3.05, 3.63) is 61.2 Å². The SMILES string of the molecule is C=CCn1c2ccccc2c2c(OC)c(NC(C)(C)C)c3c4ccccc4n(COC)c3c21. The summed E-state index contributed by atoms with van der Waals surface area (Å²) in [5.74, 6) is 0.867. The number of fused-ring (bicyclic) bond motifs is 7. The van der Waals surface area contributed by atoms with E-state index < -0.39 is 0 Å². The van der Waals surface area contributed by atoms with E-state index in [-0.39, 0.29) is 5.54 Å². The number of para-hydroxylation sites is 2. The van der Waals surface area contributed by atoms with E-state index in [4.69, 9.17) is 9.47 Å². The predicted octanol–water partition coefficient (Wildman–Crippen LogP) is 6.91. The van der Waals surface area contributed by atoms with Crippen LogP contribution in [-0.2, 0) is 18.0 Å². The zero-order valence-electron chi connectivity index (χ0n) is 20.0. The van der Waals surface area contributed by atoms with Crippen LogP contribution in [0.15, 0.2) is 61.2 Å². The predicted molar refractivity (Wildman–Crippen MR) is 140 cm³/mol. The number of hydrogen-bond acceptors (Lipinski definition) is 3. The number of hydrogen-bond donors (Lipinski definition) is 1. The van der Waals surface area contributed by atoms with Crippen molar-refractivity contribution in [2.45, 2.75) is 39.6 Å². The molecule has 1 N–H and O–H groups in total. The Hall–Kier alpha value is -3.44. The molecule has 5 heteroatoms. The van der Waals surface area contributed by atoms with E-state index >= 15 is 0 Å². The molecule has 0 bridgehead atoms. The van der Waals surface area contributed by atoms with E-state index in [2.05, 4.69) is 90.3 Å². The normalized spacial score (nSPS) is 12.3. The average molecular weight is 442 g/mol. The van der Waals surface area contributed by atoms with Gasteiger partial charge in [0, 0.05) is 40.9 Å². The average Bonchev–Trinajstić information content (AvgIpc) is 3.28. The molecule has 0 aliphatic rings. The zero-order valence-corrected chi connectivity index (χ0v) is 20.0. The minimum atomic E-state index is -0.155. The molecular weight excluding hydrogens is 410 g/mol. The Bertz CT molecular complexity index is 1520. The number of ether oxygens (including phenoxy) is 2. The molecule has 0 amide bonds. The molecule has 170 valence electrons. The fourth-order valence-corrected chi connectivity index (χ4v) is 5.10. The van der Waals surface area contributed by atoms with E-state index in [9.17, 15) is 0 Å². The topological polar surface area (TPSA) is 40.3 Å². The van der Waals surface area contributed by atoms with Gasteiger partial charge in [0.2, 0.25) is 0 Å². The van der Waals surface area contributed by atoms with Crippen molar-refractivity contribution in [1.82, 2.24) is 9.13 Å². The van der Waals surface area contributed by atoms with Crippen LogP contribution < -0.4 is 10.1 Å².